The van der Waals surface area contributed by atoms with E-state index < -0.39 is 63.7 Å². The molecule has 3 heterocycles. The van der Waals surface area contributed by atoms with Gasteiger partial charge in [-0.05, 0) is 48.4 Å². The quantitative estimate of drug-likeness (QED) is 0.230. The fourth-order valence-electron chi connectivity index (χ4n) is 5.56. The Labute approximate surface area is 266 Å². The average Bonchev–Trinajstić information content (AvgIpc) is 3.40. The number of nitrogens with one attached hydrogen (secondary N) is 1. The summed E-state index contributed by atoms with van der Waals surface area (Å²) < 4.78 is 43.1. The topological polar surface area (TPSA) is 88.5 Å². The van der Waals surface area contributed by atoms with Crippen LogP contribution in [0.15, 0.2) is 76.6 Å². The van der Waals surface area contributed by atoms with Gasteiger partial charge in [0.15, 0.2) is 0 Å². The van der Waals surface area contributed by atoms with Gasteiger partial charge in [-0.25, -0.2) is 4.90 Å². The number of imide groups is 1. The van der Waals surface area contributed by atoms with Gasteiger partial charge >= 0.3 is 11.0 Å². The first kappa shape index (κ1) is 30.4. The zero-order valence-electron chi connectivity index (χ0n) is 22.5. The lowest BCUT2D eigenvalue weighted by atomic mass is 9.83. The Morgan fingerprint density at radius 3 is 2.43 bits per heavy atom. The van der Waals surface area contributed by atoms with E-state index in [1.54, 1.807) is 30.3 Å². The third-order valence-electron chi connectivity index (χ3n) is 7.42. The first-order chi connectivity index (χ1) is 20.9. The molecule has 3 aromatic carbocycles. The Morgan fingerprint density at radius 2 is 1.70 bits per heavy atom. The molecule has 6 rings (SSSR count). The van der Waals surface area contributed by atoms with Crippen LogP contribution in [0.4, 0.5) is 24.5 Å². The minimum atomic E-state index is -4.84. The molecule has 0 bridgehead atoms. The number of aryl methyl sites for hydroxylation is 1. The van der Waals surface area contributed by atoms with E-state index in [1.165, 1.54) is 22.8 Å². The van der Waals surface area contributed by atoms with Crippen LogP contribution in [0.1, 0.15) is 27.5 Å². The molecular formula is C30H20Cl2F3N3O4S2. The van der Waals surface area contributed by atoms with Crippen LogP contribution in [0.5, 0.6) is 0 Å². The van der Waals surface area contributed by atoms with Crippen molar-refractivity contribution in [2.45, 2.75) is 35.8 Å². The molecule has 0 aliphatic carbocycles. The molecule has 1 aromatic heterocycles. The number of aromatic nitrogens is 1. The SMILES string of the molecule is Cc1cccc(NC(=O)Cn2c3c(sc2=O)[C@H](c2cccc(Cl)c2Cl)C2C(=O)N(c4ccccc4C(F)(F)F)C(=O)C2S3)c1. The van der Waals surface area contributed by atoms with Gasteiger partial charge in [-0.3, -0.25) is 23.7 Å². The first-order valence-electron chi connectivity index (χ1n) is 13.1. The number of amides is 3. The fourth-order valence-corrected chi connectivity index (χ4v) is 8.75. The molecule has 2 aliphatic heterocycles. The van der Waals surface area contributed by atoms with Gasteiger partial charge in [0, 0.05) is 16.5 Å². The van der Waals surface area contributed by atoms with Crippen LogP contribution >= 0.6 is 46.3 Å². The number of fused-ring (bicyclic) bond motifs is 2. The van der Waals surface area contributed by atoms with E-state index in [-0.39, 0.29) is 15.1 Å². The van der Waals surface area contributed by atoms with E-state index in [9.17, 15) is 32.3 Å². The number of alkyl halides is 3. The molecule has 0 spiro atoms. The Kier molecular flexibility index (Phi) is 7.89. The smallest absolute Gasteiger partial charge is 0.325 e. The number of thioether (sulfide) groups is 1. The van der Waals surface area contributed by atoms with Crippen LogP contribution in [-0.2, 0) is 27.1 Å². The lowest BCUT2D eigenvalue weighted by Crippen LogP contribution is -2.33. The molecule has 2 unspecified atom stereocenters. The highest BCUT2D eigenvalue weighted by Crippen LogP contribution is 2.55. The fraction of sp³-hybridized carbons (Fsp3) is 0.200. The highest BCUT2D eigenvalue weighted by molar-refractivity contribution is 8.00. The van der Waals surface area contributed by atoms with Gasteiger partial charge in [-0.2, -0.15) is 13.2 Å². The largest absolute Gasteiger partial charge is 0.418 e. The van der Waals surface area contributed by atoms with E-state index in [2.05, 4.69) is 5.32 Å². The van der Waals surface area contributed by atoms with E-state index in [0.717, 1.165) is 40.8 Å². The maximum Gasteiger partial charge on any atom is 0.418 e. The molecule has 7 nitrogen and oxygen atoms in total. The van der Waals surface area contributed by atoms with Crippen molar-refractivity contribution in [3.05, 3.63) is 108 Å². The molecule has 0 saturated carbocycles. The van der Waals surface area contributed by atoms with Gasteiger partial charge in [0.1, 0.15) is 11.8 Å². The monoisotopic (exact) mass is 677 g/mol. The maximum absolute atomic E-state index is 14.0. The lowest BCUT2D eigenvalue weighted by molar-refractivity contribution is -0.137. The summed E-state index contributed by atoms with van der Waals surface area (Å²) in [4.78, 5) is 54.7. The molecule has 226 valence electrons. The van der Waals surface area contributed by atoms with Crippen molar-refractivity contribution in [1.82, 2.24) is 4.57 Å². The molecule has 3 amide bonds. The lowest BCUT2D eigenvalue weighted by Gasteiger charge is -2.31. The van der Waals surface area contributed by atoms with E-state index in [4.69, 9.17) is 23.2 Å². The van der Waals surface area contributed by atoms with Crippen molar-refractivity contribution in [3.8, 4) is 0 Å². The molecule has 4 aromatic rings. The Bertz CT molecular complexity index is 1910. The van der Waals surface area contributed by atoms with Crippen molar-refractivity contribution in [3.63, 3.8) is 0 Å². The maximum atomic E-state index is 14.0. The first-order valence-corrected chi connectivity index (χ1v) is 15.6. The summed E-state index contributed by atoms with van der Waals surface area (Å²) in [5.74, 6) is -4.44. The molecule has 14 heteroatoms. The Morgan fingerprint density at radius 1 is 0.977 bits per heavy atom. The van der Waals surface area contributed by atoms with Crippen molar-refractivity contribution < 1.29 is 27.6 Å². The second kappa shape index (κ2) is 11.4. The highest BCUT2D eigenvalue weighted by atomic mass is 35.5. The summed E-state index contributed by atoms with van der Waals surface area (Å²) in [5, 5.41) is 2.03. The minimum Gasteiger partial charge on any atom is -0.325 e. The molecule has 1 fully saturated rings. The minimum absolute atomic E-state index is 0.0785. The summed E-state index contributed by atoms with van der Waals surface area (Å²) in [6.45, 7) is 1.46. The highest BCUT2D eigenvalue weighted by Gasteiger charge is 2.58. The van der Waals surface area contributed by atoms with Gasteiger partial charge in [-0.1, -0.05) is 82.7 Å². The third kappa shape index (κ3) is 5.23. The second-order valence-electron chi connectivity index (χ2n) is 10.3. The van der Waals surface area contributed by atoms with Crippen LogP contribution in [-0.4, -0.2) is 27.5 Å². The van der Waals surface area contributed by atoms with E-state index in [1.807, 2.05) is 13.0 Å². The number of hydrogen-bond donors (Lipinski definition) is 1. The molecular weight excluding hydrogens is 658 g/mol. The van der Waals surface area contributed by atoms with Crippen molar-refractivity contribution in [2.24, 2.45) is 5.92 Å². The molecule has 1 N–H and O–H groups in total. The molecule has 44 heavy (non-hydrogen) atoms. The summed E-state index contributed by atoms with van der Waals surface area (Å²) in [6, 6.07) is 16.2. The summed E-state index contributed by atoms with van der Waals surface area (Å²) in [7, 11) is 0. The summed E-state index contributed by atoms with van der Waals surface area (Å²) in [6.07, 6.45) is -4.84. The zero-order valence-corrected chi connectivity index (χ0v) is 25.7. The number of hydrogen-bond acceptors (Lipinski definition) is 6. The summed E-state index contributed by atoms with van der Waals surface area (Å²) in [5.41, 5.74) is 0.0533. The Balaban J connectivity index is 1.46. The van der Waals surface area contributed by atoms with Crippen LogP contribution < -0.4 is 15.1 Å². The van der Waals surface area contributed by atoms with Gasteiger partial charge in [0.25, 0.3) is 0 Å². The number of para-hydroxylation sites is 1. The molecule has 0 radical (unpaired) electrons. The molecule has 1 saturated heterocycles. The number of nitrogens with zero attached hydrogens (tertiary/aromatic N) is 2. The van der Waals surface area contributed by atoms with Crippen LogP contribution in [0.3, 0.4) is 0 Å². The van der Waals surface area contributed by atoms with Crippen LogP contribution in [0.25, 0.3) is 0 Å². The number of thiazole rings is 1. The van der Waals surface area contributed by atoms with Crippen molar-refractivity contribution in [2.75, 3.05) is 10.2 Å². The standard InChI is InChI=1S/C30H20Cl2F3N3O4S2/c1-14-6-4-7-15(12-14)36-20(39)13-37-28-25(44-29(37)42)21(16-8-5-10-18(31)23(16)32)22-24(43-28)27(41)38(26(22)40)19-11-3-2-9-17(19)30(33,34)35/h2-12,21-22,24H,13H2,1H3,(H,36,39)/t21-,22?,24?/m1/s1. The van der Waals surface area contributed by atoms with Gasteiger partial charge in [0.2, 0.25) is 17.7 Å². The van der Waals surface area contributed by atoms with Gasteiger partial charge in [-0.15, -0.1) is 0 Å². The van der Waals surface area contributed by atoms with Crippen LogP contribution in [0.2, 0.25) is 10.0 Å². The third-order valence-corrected chi connectivity index (χ3v) is 10.9. The molecule has 2 aliphatic rings. The zero-order chi connectivity index (χ0) is 31.5. The number of carbonyl (C=O) groups excluding carboxylic acids is 3. The van der Waals surface area contributed by atoms with Crippen molar-refractivity contribution >= 4 is 75.4 Å². The number of rotatable bonds is 5. The summed E-state index contributed by atoms with van der Waals surface area (Å²) >= 11 is 14.6. The second-order valence-corrected chi connectivity index (χ2v) is 13.2. The predicted octanol–water partition coefficient (Wildman–Crippen LogP) is 6.98. The number of benzene rings is 3. The van der Waals surface area contributed by atoms with Gasteiger partial charge < -0.3 is 5.32 Å². The van der Waals surface area contributed by atoms with Gasteiger partial charge in [0.05, 0.1) is 32.2 Å². The van der Waals surface area contributed by atoms with Crippen LogP contribution in [0, 0.1) is 12.8 Å². The normalized spacial score (nSPS) is 19.6. The van der Waals surface area contributed by atoms with Crippen molar-refractivity contribution in [1.29, 1.82) is 0 Å². The molecule has 3 atom stereocenters. The van der Waals surface area contributed by atoms with E-state index >= 15 is 0 Å². The number of anilines is 2. The number of halogens is 5. The number of carbonyl (C=O) groups is 3. The average molecular weight is 679 g/mol. The van der Waals surface area contributed by atoms with E-state index in [0.29, 0.717) is 21.0 Å². The predicted molar refractivity (Wildman–Crippen MR) is 164 cm³/mol. The Hall–Kier alpha value is -3.58.